The lowest BCUT2D eigenvalue weighted by atomic mass is 10.3. The average molecular weight is 163 g/mol. The first-order valence-corrected chi connectivity index (χ1v) is 2.44. The van der Waals surface area contributed by atoms with Crippen molar-refractivity contribution in [2.24, 2.45) is 5.84 Å². The third-order valence-corrected chi connectivity index (χ3v) is 1.13. The quantitative estimate of drug-likeness (QED) is 0.299. The van der Waals surface area contributed by atoms with E-state index >= 15 is 0 Å². The minimum Gasteiger partial charge on any atom is -0.268 e. The Kier molecular flexibility index (Phi) is 2.56. The Bertz CT molecular complexity index is 212. The molecule has 0 atom stereocenters. The van der Waals surface area contributed by atoms with Gasteiger partial charge >= 0.3 is 0 Å². The van der Waals surface area contributed by atoms with Crippen LogP contribution in [0.4, 0.5) is 0 Å². The van der Waals surface area contributed by atoms with Gasteiger partial charge in [-0.25, -0.2) is 10.9 Å². The first kappa shape index (κ1) is 9.13. The maximum atomic E-state index is 10.6. The van der Waals surface area contributed by atoms with Crippen LogP contribution in [0, 0.1) is 0 Å². The van der Waals surface area contributed by atoms with Crippen molar-refractivity contribution in [3.05, 3.63) is 11.6 Å². The summed E-state index contributed by atoms with van der Waals surface area (Å²) in [4.78, 5) is 21.1. The van der Waals surface area contributed by atoms with Crippen molar-refractivity contribution in [2.45, 2.75) is 6.92 Å². The van der Waals surface area contributed by atoms with Crippen molar-refractivity contribution in [1.82, 2.24) is 5.01 Å². The molecule has 10 heavy (non-hydrogen) atoms. The van der Waals surface area contributed by atoms with Crippen LogP contribution in [0.2, 0.25) is 0 Å². The summed E-state index contributed by atoms with van der Waals surface area (Å²) in [6.45, 7) is 1.55. The van der Waals surface area contributed by atoms with E-state index < -0.39 is 11.8 Å². The third-order valence-electron chi connectivity index (χ3n) is 1.13. The molecule has 1 rings (SSSR count). The van der Waals surface area contributed by atoms with Crippen molar-refractivity contribution in [3.8, 4) is 0 Å². The molecule has 0 aromatic rings. The molecule has 1 heterocycles. The zero-order chi connectivity index (χ0) is 7.02. The lowest BCUT2D eigenvalue weighted by Crippen LogP contribution is -2.37. The summed E-state index contributed by atoms with van der Waals surface area (Å²) in [6.07, 6.45) is 1.21. The van der Waals surface area contributed by atoms with E-state index in [1.165, 1.54) is 6.08 Å². The molecule has 0 radical (unpaired) electrons. The van der Waals surface area contributed by atoms with Gasteiger partial charge in [-0.05, 0) is 6.92 Å². The minimum atomic E-state index is -0.447. The van der Waals surface area contributed by atoms with E-state index in [4.69, 9.17) is 5.84 Å². The maximum Gasteiger partial charge on any atom is 0.270 e. The number of nitrogens with two attached hydrogens (primary N) is 1. The first-order chi connectivity index (χ1) is 4.13. The second-order valence-electron chi connectivity index (χ2n) is 1.84. The van der Waals surface area contributed by atoms with Crippen LogP contribution in [0.15, 0.2) is 11.6 Å². The van der Waals surface area contributed by atoms with Crippen LogP contribution in [0.1, 0.15) is 6.92 Å². The van der Waals surface area contributed by atoms with Crippen LogP contribution < -0.4 is 5.84 Å². The highest BCUT2D eigenvalue weighted by molar-refractivity contribution is 6.15. The molecule has 4 nitrogen and oxygen atoms in total. The molecule has 0 spiro atoms. The van der Waals surface area contributed by atoms with E-state index in [-0.39, 0.29) is 12.4 Å². The Morgan fingerprint density at radius 3 is 2.10 bits per heavy atom. The van der Waals surface area contributed by atoms with Gasteiger partial charge in [0.1, 0.15) is 0 Å². The number of carbonyl (C=O) groups is 2. The molecule has 56 valence electrons. The van der Waals surface area contributed by atoms with Crippen molar-refractivity contribution in [2.75, 3.05) is 0 Å². The molecule has 2 N–H and O–H groups in total. The van der Waals surface area contributed by atoms with Crippen LogP contribution in [0.3, 0.4) is 0 Å². The molecule has 0 aromatic heterocycles. The molecule has 0 bridgehead atoms. The van der Waals surface area contributed by atoms with Crippen LogP contribution in [-0.2, 0) is 9.59 Å². The highest BCUT2D eigenvalue weighted by Crippen LogP contribution is 2.06. The minimum absolute atomic E-state index is 0. The van der Waals surface area contributed by atoms with Gasteiger partial charge in [-0.2, -0.15) is 0 Å². The van der Waals surface area contributed by atoms with E-state index in [0.29, 0.717) is 10.6 Å². The molecule has 0 aliphatic carbocycles. The normalized spacial score (nSPS) is 17.0. The predicted octanol–water partition coefficient (Wildman–Crippen LogP) is -0.403. The Hall–Kier alpha value is -0.870. The highest BCUT2D eigenvalue weighted by atomic mass is 35.5. The molecule has 0 aromatic carbocycles. The largest absolute Gasteiger partial charge is 0.270 e. The smallest absolute Gasteiger partial charge is 0.268 e. The maximum absolute atomic E-state index is 10.6. The Morgan fingerprint density at radius 2 is 2.00 bits per heavy atom. The van der Waals surface area contributed by atoms with Gasteiger partial charge < -0.3 is 0 Å². The van der Waals surface area contributed by atoms with Gasteiger partial charge in [0.25, 0.3) is 11.8 Å². The molecule has 0 unspecified atom stereocenters. The number of halogens is 1. The van der Waals surface area contributed by atoms with Crippen molar-refractivity contribution < 1.29 is 9.59 Å². The summed E-state index contributed by atoms with van der Waals surface area (Å²) in [5.41, 5.74) is 0.391. The third kappa shape index (κ3) is 1.17. The van der Waals surface area contributed by atoms with Gasteiger partial charge in [0.05, 0.1) is 0 Å². The van der Waals surface area contributed by atoms with Crippen molar-refractivity contribution >= 4 is 24.2 Å². The number of amides is 2. The summed E-state index contributed by atoms with van der Waals surface area (Å²) in [6, 6.07) is 0. The topological polar surface area (TPSA) is 63.4 Å². The predicted molar refractivity (Wildman–Crippen MR) is 37.0 cm³/mol. The number of carbonyl (C=O) groups excluding carboxylic acids is 2. The van der Waals surface area contributed by atoms with E-state index in [9.17, 15) is 9.59 Å². The fourth-order valence-electron chi connectivity index (χ4n) is 0.607. The van der Waals surface area contributed by atoms with E-state index in [0.717, 1.165) is 0 Å². The van der Waals surface area contributed by atoms with Crippen molar-refractivity contribution in [1.29, 1.82) is 0 Å². The number of hydrogen-bond donors (Lipinski definition) is 1. The number of nitrogens with zero attached hydrogens (tertiary/aromatic N) is 1. The molecule has 0 saturated carbocycles. The molecule has 1 aliphatic rings. The van der Waals surface area contributed by atoms with E-state index in [1.807, 2.05) is 0 Å². The zero-order valence-corrected chi connectivity index (χ0v) is 6.14. The second kappa shape index (κ2) is 2.81. The lowest BCUT2D eigenvalue weighted by Gasteiger charge is -2.02. The molecule has 5 heteroatoms. The lowest BCUT2D eigenvalue weighted by molar-refractivity contribution is -0.137. The average Bonchev–Trinajstić information content (AvgIpc) is 1.98. The number of rotatable bonds is 0. The summed E-state index contributed by atoms with van der Waals surface area (Å²) in [5.74, 6) is 4.13. The Balaban J connectivity index is 0.000000810. The van der Waals surface area contributed by atoms with Crippen LogP contribution in [-0.4, -0.2) is 16.8 Å². The fraction of sp³-hybridized carbons (Fsp3) is 0.200. The number of imide groups is 1. The molecule has 0 saturated heterocycles. The number of hydrazine groups is 1. The van der Waals surface area contributed by atoms with Crippen LogP contribution >= 0.6 is 12.4 Å². The van der Waals surface area contributed by atoms with Crippen LogP contribution in [0.5, 0.6) is 0 Å². The number of hydrogen-bond acceptors (Lipinski definition) is 3. The summed E-state index contributed by atoms with van der Waals surface area (Å²) in [5, 5.41) is 0.593. The second-order valence-corrected chi connectivity index (χ2v) is 1.84. The molecular weight excluding hydrogens is 156 g/mol. The monoisotopic (exact) mass is 162 g/mol. The van der Waals surface area contributed by atoms with Gasteiger partial charge in [-0.1, -0.05) is 0 Å². The molecule has 1 aliphatic heterocycles. The summed E-state index contributed by atoms with van der Waals surface area (Å²) >= 11 is 0. The summed E-state index contributed by atoms with van der Waals surface area (Å²) < 4.78 is 0. The van der Waals surface area contributed by atoms with Gasteiger partial charge in [0.15, 0.2) is 0 Å². The van der Waals surface area contributed by atoms with E-state index in [1.54, 1.807) is 6.92 Å². The first-order valence-electron chi connectivity index (χ1n) is 2.44. The molecular formula is C5H7ClN2O2. The standard InChI is InChI=1S/C5H6N2O2.ClH/c1-3-2-4(8)7(6)5(3)9;/h2H,6H2,1H3;1H. The molecule has 2 amide bonds. The van der Waals surface area contributed by atoms with E-state index in [2.05, 4.69) is 0 Å². The van der Waals surface area contributed by atoms with Gasteiger partial charge in [-0.15, -0.1) is 12.4 Å². The fourth-order valence-corrected chi connectivity index (χ4v) is 0.607. The SMILES string of the molecule is CC1=CC(=O)N(N)C1=O.Cl. The summed E-state index contributed by atoms with van der Waals surface area (Å²) in [7, 11) is 0. The Labute approximate surface area is 64.0 Å². The van der Waals surface area contributed by atoms with Gasteiger partial charge in [0, 0.05) is 11.6 Å². The van der Waals surface area contributed by atoms with Gasteiger partial charge in [0.2, 0.25) is 0 Å². The van der Waals surface area contributed by atoms with Gasteiger partial charge in [-0.3, -0.25) is 9.59 Å². The molecule has 0 fully saturated rings. The Morgan fingerprint density at radius 1 is 1.50 bits per heavy atom. The van der Waals surface area contributed by atoms with Crippen molar-refractivity contribution in [3.63, 3.8) is 0 Å². The van der Waals surface area contributed by atoms with Crippen LogP contribution in [0.25, 0.3) is 0 Å². The highest BCUT2D eigenvalue weighted by Gasteiger charge is 2.24. The zero-order valence-electron chi connectivity index (χ0n) is 5.33.